The van der Waals surface area contributed by atoms with Gasteiger partial charge in [-0.05, 0) is 126 Å². The molecule has 4 rings (SSSR count). The number of pyridine rings is 1. The number of rotatable bonds is 12. The summed E-state index contributed by atoms with van der Waals surface area (Å²) < 4.78 is 21.3. The lowest BCUT2D eigenvalue weighted by Crippen LogP contribution is -2.24. The minimum atomic E-state index is -0.517. The summed E-state index contributed by atoms with van der Waals surface area (Å²) in [7, 11) is 0. The van der Waals surface area contributed by atoms with Gasteiger partial charge in [0, 0.05) is 0 Å². The van der Waals surface area contributed by atoms with Gasteiger partial charge in [0.15, 0.2) is 0 Å². The summed E-state index contributed by atoms with van der Waals surface area (Å²) in [6, 6.07) is 28.3. The van der Waals surface area contributed by atoms with Crippen LogP contribution in [0.3, 0.4) is 0 Å². The van der Waals surface area contributed by atoms with Crippen LogP contribution in [0, 0.1) is 33.5 Å². The molecule has 0 fully saturated rings. The van der Waals surface area contributed by atoms with Gasteiger partial charge in [-0.25, -0.2) is 4.98 Å². The van der Waals surface area contributed by atoms with E-state index in [9.17, 15) is 9.59 Å². The number of nitriles is 2. The molecule has 0 aliphatic rings. The maximum atomic E-state index is 11.6. The number of esters is 2. The van der Waals surface area contributed by atoms with E-state index in [0.29, 0.717) is 45.5 Å². The highest BCUT2D eigenvalue weighted by Crippen LogP contribution is 2.23. The van der Waals surface area contributed by atoms with E-state index in [1.54, 1.807) is 126 Å². The Labute approximate surface area is 303 Å². The lowest BCUT2D eigenvalue weighted by Gasteiger charge is -2.16. The number of azo groups is 2. The third kappa shape index (κ3) is 14.6. The van der Waals surface area contributed by atoms with Crippen LogP contribution >= 0.6 is 0 Å². The number of benzene rings is 3. The summed E-state index contributed by atoms with van der Waals surface area (Å²) in [4.78, 5) is 27.2. The molecule has 4 aromatic rings. The first-order chi connectivity index (χ1) is 24.8. The molecule has 0 N–H and O–H groups in total. The third-order valence-electron chi connectivity index (χ3n) is 6.49. The highest BCUT2D eigenvalue weighted by molar-refractivity contribution is 5.75. The Morgan fingerprint density at radius 1 is 0.558 bits per heavy atom. The van der Waals surface area contributed by atoms with Gasteiger partial charge in [0.1, 0.15) is 55.4 Å². The molecule has 0 saturated heterocycles. The number of hydrogen-bond acceptors (Lipinski definition) is 13. The topological polar surface area (TPSA) is 181 Å². The SMILES string of the molecule is CC(C)(C)C(=O)OCCOc1ccc(N=Nc2ccc(C#N)cc2)cc1.CC(C)(C)C(=O)OCCOc1ccc(N=Nc2ccc(C#N)nc2)cc1. The molecule has 1 heterocycles. The van der Waals surface area contributed by atoms with Crippen LogP contribution in [0.2, 0.25) is 0 Å². The molecular weight excluding hydrogens is 662 g/mol. The van der Waals surface area contributed by atoms with Crippen molar-refractivity contribution in [2.24, 2.45) is 31.3 Å². The highest BCUT2D eigenvalue weighted by atomic mass is 16.6. The molecule has 0 amide bonds. The maximum Gasteiger partial charge on any atom is 0.311 e. The van der Waals surface area contributed by atoms with Crippen molar-refractivity contribution in [3.8, 4) is 23.6 Å². The van der Waals surface area contributed by atoms with Crippen LogP contribution < -0.4 is 9.47 Å². The molecule has 268 valence electrons. The van der Waals surface area contributed by atoms with Crippen LogP contribution in [0.1, 0.15) is 52.8 Å². The van der Waals surface area contributed by atoms with Crippen molar-refractivity contribution in [3.05, 3.63) is 102 Å². The zero-order valence-electron chi connectivity index (χ0n) is 30.1. The summed E-state index contributed by atoms with van der Waals surface area (Å²) in [6.45, 7) is 11.8. The zero-order valence-corrected chi connectivity index (χ0v) is 30.1. The summed E-state index contributed by atoms with van der Waals surface area (Å²) >= 11 is 0. The second-order valence-corrected chi connectivity index (χ2v) is 13.0. The van der Waals surface area contributed by atoms with Crippen molar-refractivity contribution in [2.45, 2.75) is 41.5 Å². The predicted octanol–water partition coefficient (Wildman–Crippen LogP) is 9.28. The highest BCUT2D eigenvalue weighted by Gasteiger charge is 2.23. The molecular formula is C39H41N7O6. The molecule has 0 aliphatic carbocycles. The first-order valence-electron chi connectivity index (χ1n) is 16.3. The second-order valence-electron chi connectivity index (χ2n) is 13.0. The second kappa shape index (κ2) is 19.6. The van der Waals surface area contributed by atoms with Crippen molar-refractivity contribution in [1.29, 1.82) is 10.5 Å². The lowest BCUT2D eigenvalue weighted by molar-refractivity contribution is -0.154. The molecule has 3 aromatic carbocycles. The fourth-order valence-corrected chi connectivity index (χ4v) is 3.58. The number of carbonyl (C=O) groups excluding carboxylic acids is 2. The Kier molecular flexibility index (Phi) is 15.1. The van der Waals surface area contributed by atoms with Crippen molar-refractivity contribution >= 4 is 34.7 Å². The van der Waals surface area contributed by atoms with Gasteiger partial charge in [0.25, 0.3) is 0 Å². The van der Waals surface area contributed by atoms with Crippen LogP contribution in [0.15, 0.2) is 112 Å². The Balaban J connectivity index is 0.000000280. The molecule has 0 radical (unpaired) electrons. The molecule has 0 atom stereocenters. The summed E-state index contributed by atoms with van der Waals surface area (Å²) in [5.41, 5.74) is 2.45. The normalized spacial score (nSPS) is 11.2. The number of carbonyl (C=O) groups is 2. The molecule has 52 heavy (non-hydrogen) atoms. The summed E-state index contributed by atoms with van der Waals surface area (Å²) in [5, 5.41) is 33.9. The van der Waals surface area contributed by atoms with E-state index >= 15 is 0 Å². The quantitative estimate of drug-likeness (QED) is 0.0789. The molecule has 0 unspecified atom stereocenters. The zero-order chi connectivity index (χ0) is 38.0. The van der Waals surface area contributed by atoms with Gasteiger partial charge in [-0.1, -0.05) is 0 Å². The van der Waals surface area contributed by atoms with Gasteiger partial charge in [-0.3, -0.25) is 9.59 Å². The third-order valence-corrected chi connectivity index (χ3v) is 6.49. The smallest absolute Gasteiger partial charge is 0.311 e. The van der Waals surface area contributed by atoms with E-state index in [1.807, 2.05) is 6.07 Å². The molecule has 13 heteroatoms. The summed E-state index contributed by atoms with van der Waals surface area (Å²) in [5.74, 6) is 0.804. The first-order valence-corrected chi connectivity index (χ1v) is 16.3. The molecule has 0 bridgehead atoms. The number of nitrogens with zero attached hydrogens (tertiary/aromatic N) is 7. The van der Waals surface area contributed by atoms with Crippen molar-refractivity contribution < 1.29 is 28.5 Å². The Morgan fingerprint density at radius 3 is 1.29 bits per heavy atom. The number of ether oxygens (including phenoxy) is 4. The maximum absolute atomic E-state index is 11.6. The predicted molar refractivity (Wildman–Crippen MR) is 193 cm³/mol. The van der Waals surface area contributed by atoms with Crippen LogP contribution in [-0.2, 0) is 19.1 Å². The van der Waals surface area contributed by atoms with E-state index in [0.717, 1.165) is 0 Å². The largest absolute Gasteiger partial charge is 0.490 e. The van der Waals surface area contributed by atoms with Crippen LogP contribution in [0.4, 0.5) is 22.7 Å². The van der Waals surface area contributed by atoms with Gasteiger partial charge in [0.2, 0.25) is 0 Å². The average Bonchev–Trinajstić information content (AvgIpc) is 3.14. The van der Waals surface area contributed by atoms with E-state index in [-0.39, 0.29) is 38.4 Å². The van der Waals surface area contributed by atoms with Crippen molar-refractivity contribution in [2.75, 3.05) is 26.4 Å². The Bertz CT molecular complexity index is 1740. The van der Waals surface area contributed by atoms with Crippen LogP contribution in [0.5, 0.6) is 11.5 Å². The average molecular weight is 704 g/mol. The molecule has 1 aromatic heterocycles. The van der Waals surface area contributed by atoms with Gasteiger partial charge >= 0.3 is 11.9 Å². The van der Waals surface area contributed by atoms with Crippen LogP contribution in [-0.4, -0.2) is 43.4 Å². The van der Waals surface area contributed by atoms with E-state index in [1.165, 1.54) is 6.20 Å². The van der Waals surface area contributed by atoms with Crippen molar-refractivity contribution in [1.82, 2.24) is 4.98 Å². The monoisotopic (exact) mass is 703 g/mol. The lowest BCUT2D eigenvalue weighted by atomic mass is 9.97. The van der Waals surface area contributed by atoms with E-state index in [4.69, 9.17) is 29.5 Å². The van der Waals surface area contributed by atoms with E-state index < -0.39 is 10.8 Å². The standard InChI is InChI=1S/C20H21N3O3.C19H20N4O3/c1-20(2,3)19(24)26-13-12-25-18-10-8-17(9-11-18)23-22-16-6-4-15(14-21)5-7-16;1-19(2,3)18(24)26-11-10-25-17-8-6-14(7-9-17)22-23-16-5-4-15(12-20)21-13-16/h4-11H,12-13H2,1-3H3;4-9,13H,10-11H2,1-3H3. The Hall–Kier alpha value is -6.47. The summed E-state index contributed by atoms with van der Waals surface area (Å²) in [6.07, 6.45) is 1.48. The van der Waals surface area contributed by atoms with E-state index in [2.05, 4.69) is 31.5 Å². The van der Waals surface area contributed by atoms with Gasteiger partial charge < -0.3 is 18.9 Å². The molecule has 0 spiro atoms. The van der Waals surface area contributed by atoms with Crippen molar-refractivity contribution in [3.63, 3.8) is 0 Å². The minimum Gasteiger partial charge on any atom is -0.490 e. The number of hydrogen-bond donors (Lipinski definition) is 0. The van der Waals surface area contributed by atoms with Gasteiger partial charge in [-0.2, -0.15) is 25.9 Å². The van der Waals surface area contributed by atoms with Gasteiger partial charge in [0.05, 0.1) is 45.7 Å². The fourth-order valence-electron chi connectivity index (χ4n) is 3.58. The Morgan fingerprint density at radius 2 is 0.942 bits per heavy atom. The fraction of sp³-hybridized carbons (Fsp3) is 0.308. The van der Waals surface area contributed by atoms with Gasteiger partial charge in [-0.15, -0.1) is 5.11 Å². The van der Waals surface area contributed by atoms with Crippen LogP contribution in [0.25, 0.3) is 0 Å². The molecule has 0 aliphatic heterocycles. The molecule has 0 saturated carbocycles. The number of aromatic nitrogens is 1. The first kappa shape index (κ1) is 40.0. The molecule has 13 nitrogen and oxygen atoms in total. The minimum absolute atomic E-state index is 0.198.